The number of benzene rings is 1. The maximum absolute atomic E-state index is 7.99. The van der Waals surface area contributed by atoms with Crippen LogP contribution in [0.4, 0.5) is 0 Å². The Bertz CT molecular complexity index is 1330. The van der Waals surface area contributed by atoms with Crippen molar-refractivity contribution in [2.24, 2.45) is 0 Å². The molecule has 0 aliphatic heterocycles. The molecule has 0 atom stereocenters. The number of hydrogen-bond acceptors (Lipinski definition) is 12. The van der Waals surface area contributed by atoms with Gasteiger partial charge in [0.15, 0.2) is 74.9 Å². The molecule has 0 saturated carbocycles. The van der Waals surface area contributed by atoms with E-state index in [-0.39, 0.29) is 0 Å². The van der Waals surface area contributed by atoms with E-state index in [1.165, 1.54) is 0 Å². The summed E-state index contributed by atoms with van der Waals surface area (Å²) in [4.78, 5) is 0. The minimum Gasteiger partial charge on any atom is -0.396 e. The van der Waals surface area contributed by atoms with Crippen LogP contribution in [0.2, 0.25) is 177 Å². The molecule has 0 N–H and O–H groups in total. The van der Waals surface area contributed by atoms with Gasteiger partial charge in [0.1, 0.15) is 0 Å². The lowest BCUT2D eigenvalue weighted by atomic mass is 10.1. The summed E-state index contributed by atoms with van der Waals surface area (Å²) in [5, 5.41) is 0.605. The van der Waals surface area contributed by atoms with Gasteiger partial charge >= 0.3 is 35.9 Å². The van der Waals surface area contributed by atoms with Crippen LogP contribution in [0.3, 0.4) is 0 Å². The second-order valence-electron chi connectivity index (χ2n) is 24.6. The van der Waals surface area contributed by atoms with Crippen molar-refractivity contribution in [3.8, 4) is 0 Å². The van der Waals surface area contributed by atoms with Crippen molar-refractivity contribution in [3.63, 3.8) is 0 Å². The maximum atomic E-state index is 7.99. The van der Waals surface area contributed by atoms with Gasteiger partial charge in [-0.25, -0.2) is 0 Å². The summed E-state index contributed by atoms with van der Waals surface area (Å²) in [5.41, 5.74) is 1.88. The summed E-state index contributed by atoms with van der Waals surface area (Å²) in [5.74, 6) is 0. The summed E-state index contributed by atoms with van der Waals surface area (Å²) in [7, 11) is -40.9. The Balaban J connectivity index is 5.23. The first-order chi connectivity index (χ1) is 26.4. The Hall–Kier alpha value is 1.30. The molecule has 0 radical (unpaired) electrons. The summed E-state index contributed by atoms with van der Waals surface area (Å²) in [6.07, 6.45) is 1.84. The van der Waals surface area contributed by atoms with E-state index < -0.39 is 111 Å². The fraction of sp³-hybridized carbons (Fsp3) is 0.778. The lowest BCUT2D eigenvalue weighted by molar-refractivity contribution is 0.0520. The number of hydrogen-bond donors (Lipinski definition) is 0. The Morgan fingerprint density at radius 1 is 0.328 bits per heavy atom. The summed E-state index contributed by atoms with van der Waals surface area (Å²) < 4.78 is 90.1. The Labute approximate surface area is 388 Å². The van der Waals surface area contributed by atoms with Gasteiger partial charge in [-0.05, 0) is 195 Å². The van der Waals surface area contributed by atoms with Gasteiger partial charge in [-0.15, -0.1) is 0 Å². The first-order valence-electron chi connectivity index (χ1n) is 21.6. The highest BCUT2D eigenvalue weighted by molar-refractivity contribution is 6.99. The minimum absolute atomic E-state index is 0.605. The van der Waals surface area contributed by atoms with E-state index in [4.69, 9.17) is 49.4 Å². The first kappa shape index (κ1) is 60.3. The van der Waals surface area contributed by atoms with Crippen LogP contribution < -0.4 is 5.19 Å². The fourth-order valence-corrected chi connectivity index (χ4v) is 50.0. The second kappa shape index (κ2) is 20.5. The van der Waals surface area contributed by atoms with Crippen molar-refractivity contribution < 1.29 is 49.4 Å². The van der Waals surface area contributed by atoms with Gasteiger partial charge < -0.3 is 49.4 Å². The van der Waals surface area contributed by atoms with E-state index in [1.54, 1.807) is 0 Å². The van der Waals surface area contributed by atoms with Crippen LogP contribution in [0.1, 0.15) is 11.1 Å². The third kappa shape index (κ3) is 24.2. The summed E-state index contributed by atoms with van der Waals surface area (Å²) in [6, 6.07) is 6.05. The van der Waals surface area contributed by atoms with Gasteiger partial charge in [-0.1, -0.05) is 30.9 Å². The molecule has 0 fully saturated rings. The van der Waals surface area contributed by atoms with Crippen molar-refractivity contribution in [1.82, 2.24) is 0 Å². The smallest absolute Gasteiger partial charge is 0.396 e. The van der Waals surface area contributed by atoms with Gasteiger partial charge in [-0.2, -0.15) is 0 Å². The molecular weight excluding hydrogens is 990 g/mol. The molecule has 0 saturated heterocycles. The molecule has 1 aromatic rings. The van der Waals surface area contributed by atoms with E-state index in [9.17, 15) is 0 Å². The van der Waals surface area contributed by atoms with Crippen LogP contribution >= 0.6 is 0 Å². The highest BCUT2D eigenvalue weighted by Crippen LogP contribution is 2.39. The highest BCUT2D eigenvalue weighted by atomic mass is 28.6. The van der Waals surface area contributed by atoms with Crippen molar-refractivity contribution in [2.45, 2.75) is 184 Å². The van der Waals surface area contributed by atoms with Crippen LogP contribution in [-0.4, -0.2) is 111 Å². The molecule has 25 heteroatoms. The Morgan fingerprint density at radius 3 is 0.672 bits per heavy atom. The van der Waals surface area contributed by atoms with E-state index >= 15 is 0 Å². The molecule has 0 aromatic heterocycles. The van der Waals surface area contributed by atoms with Crippen molar-refractivity contribution in [3.05, 3.63) is 35.9 Å². The van der Waals surface area contributed by atoms with Gasteiger partial charge in [0.05, 0.1) is 0 Å². The lowest BCUT2D eigenvalue weighted by Crippen LogP contribution is -2.79. The normalized spacial score (nSPS) is 15.4. The first-order valence-corrected chi connectivity index (χ1v) is 58.9. The molecule has 358 valence electrons. The molecule has 12 nitrogen and oxygen atoms in total. The maximum Gasteiger partial charge on any atom is 0.640 e. The monoisotopic (exact) mass is 1080 g/mol. The summed E-state index contributed by atoms with van der Waals surface area (Å²) >= 11 is 0. The van der Waals surface area contributed by atoms with Crippen LogP contribution in [0.5, 0.6) is 0 Å². The molecule has 0 heterocycles. The Kier molecular flexibility index (Phi) is 20.3. The van der Waals surface area contributed by atoms with E-state index in [0.29, 0.717) is 5.19 Å². The molecule has 61 heavy (non-hydrogen) atoms. The third-order valence-electron chi connectivity index (χ3n) is 6.50. The van der Waals surface area contributed by atoms with Crippen LogP contribution in [0.25, 0.3) is 6.08 Å². The topological polar surface area (TPSA) is 111 Å². The molecule has 1 aromatic carbocycles. The summed E-state index contributed by atoms with van der Waals surface area (Å²) in [6.45, 7) is 63.5. The van der Waals surface area contributed by atoms with Gasteiger partial charge in [0, 0.05) is 5.19 Å². The minimum atomic E-state index is -4.82. The molecule has 0 aliphatic carbocycles. The van der Waals surface area contributed by atoms with Crippen molar-refractivity contribution in [1.29, 1.82) is 0 Å². The molecule has 0 aliphatic rings. The molecule has 0 spiro atoms. The largest absolute Gasteiger partial charge is 0.640 e. The number of aryl methyl sites for hydroxylation is 1. The molecule has 0 amide bonds. The van der Waals surface area contributed by atoms with Gasteiger partial charge in [0.2, 0.25) is 0 Å². The second-order valence-corrected chi connectivity index (χ2v) is 77.1. The molecule has 0 bridgehead atoms. The average Bonchev–Trinajstić information content (AvgIpc) is 2.82. The standard InChI is InChI=1S/C36H90O12Si13/c1-30-35-31-32-36(33-34(35)2)58(46-59(37-49(3,4)5,38-50(6,7)8)39-51(9,10)11,47-60(40-52(12,13)14,41-53(15,16)17)42-54(18,19)20)48-61(43-55(21,22)23,44-56(24,25)26)45-57(27,28)29/h30-33H,1H2,2-29H3. The van der Waals surface area contributed by atoms with Gasteiger partial charge in [0.25, 0.3) is 0 Å². The Morgan fingerprint density at radius 2 is 0.525 bits per heavy atom. The average molecular weight is 1080 g/mol. The van der Waals surface area contributed by atoms with Crippen LogP contribution in [0.15, 0.2) is 24.8 Å². The van der Waals surface area contributed by atoms with E-state index in [0.717, 1.165) is 11.1 Å². The lowest BCUT2D eigenvalue weighted by Gasteiger charge is -2.50. The quantitative estimate of drug-likeness (QED) is 0.0824. The zero-order valence-electron chi connectivity index (χ0n) is 43.9. The fourth-order valence-electron chi connectivity index (χ4n) is 5.58. The third-order valence-corrected chi connectivity index (χ3v) is 44.8. The zero-order valence-corrected chi connectivity index (χ0v) is 56.9. The van der Waals surface area contributed by atoms with E-state index in [2.05, 4.69) is 183 Å². The molecule has 0 unspecified atom stereocenters. The van der Waals surface area contributed by atoms with Crippen LogP contribution in [-0.2, 0) is 49.4 Å². The molecule has 1 rings (SSSR count). The van der Waals surface area contributed by atoms with Crippen molar-refractivity contribution >= 4 is 122 Å². The predicted molar refractivity (Wildman–Crippen MR) is 287 cm³/mol. The number of rotatable bonds is 26. The van der Waals surface area contributed by atoms with E-state index in [1.807, 2.05) is 31.2 Å². The van der Waals surface area contributed by atoms with Crippen molar-refractivity contribution in [2.75, 3.05) is 0 Å². The zero-order chi connectivity index (χ0) is 48.5. The molecular formula is C36H90O12Si13. The van der Waals surface area contributed by atoms with Gasteiger partial charge in [-0.3, -0.25) is 0 Å². The van der Waals surface area contributed by atoms with Crippen LogP contribution in [0, 0.1) is 6.92 Å². The predicted octanol–water partition coefficient (Wildman–Crippen LogP) is 11.8. The SMILES string of the molecule is C=Cc1ccc([Si](O[Si](O[Si](C)(C)C)(O[Si](C)(C)C)O[Si](C)(C)C)(O[Si](O[Si](C)(C)C)(O[Si](C)(C)C)O[Si](C)(C)C)O[Si](O[Si](C)(C)C)(O[Si](C)(C)C)O[Si](C)(C)C)cc1C. The highest BCUT2D eigenvalue weighted by Gasteiger charge is 2.72.